The van der Waals surface area contributed by atoms with Gasteiger partial charge in [-0.25, -0.2) is 18.6 Å². The average Bonchev–Trinajstić information content (AvgIpc) is 3.34. The van der Waals surface area contributed by atoms with Crippen molar-refractivity contribution in [2.24, 2.45) is 0 Å². The van der Waals surface area contributed by atoms with Gasteiger partial charge in [-0.15, -0.1) is 0 Å². The van der Waals surface area contributed by atoms with Crippen LogP contribution in [0.3, 0.4) is 0 Å². The van der Waals surface area contributed by atoms with Crippen molar-refractivity contribution in [3.63, 3.8) is 0 Å². The van der Waals surface area contributed by atoms with Gasteiger partial charge in [-0.05, 0) is 43.0 Å². The van der Waals surface area contributed by atoms with Crippen LogP contribution in [0.5, 0.6) is 0 Å². The summed E-state index contributed by atoms with van der Waals surface area (Å²) in [7, 11) is 1.30. The van der Waals surface area contributed by atoms with Crippen LogP contribution in [0.4, 0.5) is 19.3 Å². The van der Waals surface area contributed by atoms with Crippen molar-refractivity contribution in [2.75, 3.05) is 19.0 Å². The molecule has 1 fully saturated rings. The molecule has 3 heterocycles. The maximum absolute atomic E-state index is 14.7. The fraction of sp³-hybridized carbons (Fsp3) is 0.310. The predicted molar refractivity (Wildman–Crippen MR) is 153 cm³/mol. The molecule has 0 spiro atoms. The van der Waals surface area contributed by atoms with Gasteiger partial charge in [0.25, 0.3) is 0 Å². The molecule has 5 rings (SSSR count). The number of amides is 3. The number of carbonyl (C=O) groups is 3. The number of esters is 1. The van der Waals surface area contributed by atoms with Crippen LogP contribution in [0.15, 0.2) is 42.5 Å². The first-order valence-electron chi connectivity index (χ1n) is 13.3. The number of allylic oxidation sites excluding steroid dienone is 1. The molecule has 220 valence electrons. The number of halogens is 4. The second kappa shape index (κ2) is 12.5. The Morgan fingerprint density at radius 3 is 2.74 bits per heavy atom. The largest absolute Gasteiger partial charge is 0.469 e. The number of anilines is 1. The van der Waals surface area contributed by atoms with E-state index in [2.05, 4.69) is 15.6 Å². The highest BCUT2D eigenvalue weighted by atomic mass is 35.5. The van der Waals surface area contributed by atoms with Crippen molar-refractivity contribution < 1.29 is 27.9 Å². The van der Waals surface area contributed by atoms with Crippen molar-refractivity contribution in [3.8, 4) is 11.3 Å². The molecule has 42 heavy (non-hydrogen) atoms. The Bertz CT molecular complexity index is 1580. The van der Waals surface area contributed by atoms with Crippen LogP contribution in [-0.4, -0.2) is 46.4 Å². The molecule has 3 aromatic rings. The molecule has 1 aromatic heterocycles. The Kier molecular flexibility index (Phi) is 8.79. The number of nitrogens with zero attached hydrogens (tertiary/aromatic N) is 2. The van der Waals surface area contributed by atoms with Crippen molar-refractivity contribution in [3.05, 3.63) is 81.2 Å². The zero-order valence-corrected chi connectivity index (χ0v) is 24.0. The summed E-state index contributed by atoms with van der Waals surface area (Å²) in [5.41, 5.74) is 1.63. The van der Waals surface area contributed by atoms with Crippen LogP contribution in [0.1, 0.15) is 54.7 Å². The van der Waals surface area contributed by atoms with Crippen molar-refractivity contribution in [1.82, 2.24) is 20.2 Å². The van der Waals surface area contributed by atoms with Gasteiger partial charge in [0.2, 0.25) is 5.91 Å². The molecular weight excluding hydrogens is 591 g/mol. The molecule has 2 aliphatic heterocycles. The Hall–Kier alpha value is -3.96. The van der Waals surface area contributed by atoms with Crippen LogP contribution >= 0.6 is 23.2 Å². The van der Waals surface area contributed by atoms with Gasteiger partial charge in [0.1, 0.15) is 28.3 Å². The van der Waals surface area contributed by atoms with Crippen molar-refractivity contribution >= 4 is 46.8 Å². The Balaban J connectivity index is 1.48. The van der Waals surface area contributed by atoms with Gasteiger partial charge in [-0.1, -0.05) is 47.5 Å². The number of aromatic nitrogens is 2. The molecule has 3 N–H and O–H groups in total. The molecular formula is C29H27Cl2F2N5O4. The van der Waals surface area contributed by atoms with Crippen LogP contribution < -0.4 is 10.6 Å². The highest BCUT2D eigenvalue weighted by molar-refractivity contribution is 6.32. The maximum Gasteiger partial charge on any atom is 0.318 e. The Labute approximate surface area is 250 Å². The number of benzene rings is 2. The SMILES string of the molecule is COC(=O)Cc1ccc2c(c1)NC(=O)CC/C=C/C[C@H](N1CC[C@H](c3c(F)ccc(Cl)c3F)NC1=O)c1nc-2c(Cl)[nH]1. The fourth-order valence-electron chi connectivity index (χ4n) is 5.16. The predicted octanol–water partition coefficient (Wildman–Crippen LogP) is 6.25. The summed E-state index contributed by atoms with van der Waals surface area (Å²) in [4.78, 5) is 47.3. The van der Waals surface area contributed by atoms with E-state index in [1.165, 1.54) is 12.0 Å². The number of hydrogen-bond donors (Lipinski definition) is 3. The lowest BCUT2D eigenvalue weighted by Gasteiger charge is -2.37. The summed E-state index contributed by atoms with van der Waals surface area (Å²) in [6, 6.07) is 5.26. The number of rotatable bonds is 4. The van der Waals surface area contributed by atoms with E-state index >= 15 is 0 Å². The third kappa shape index (κ3) is 6.12. The molecule has 2 aromatic carbocycles. The molecule has 13 heteroatoms. The number of ether oxygens (including phenoxy) is 1. The van der Waals surface area contributed by atoms with Gasteiger partial charge < -0.3 is 25.3 Å². The monoisotopic (exact) mass is 617 g/mol. The van der Waals surface area contributed by atoms with E-state index in [0.29, 0.717) is 41.2 Å². The quantitative estimate of drug-likeness (QED) is 0.182. The van der Waals surface area contributed by atoms with E-state index in [4.69, 9.17) is 32.9 Å². The minimum Gasteiger partial charge on any atom is -0.469 e. The number of aromatic amines is 1. The molecule has 1 saturated heterocycles. The third-order valence-electron chi connectivity index (χ3n) is 7.27. The first kappa shape index (κ1) is 29.5. The standard InChI is InChI=1S/C29H27Cl2F2N5O4/c1-42-23(40)14-15-7-8-16-20(13-15)34-22(39)6-4-2-3-5-21(28-36-26(16)27(31)37-28)38-12-11-19(35-29(38)41)24-18(32)10-9-17(30)25(24)33/h2-3,7-10,13,19,21H,4-6,11-12,14H2,1H3,(H,34,39)(H,35,41)(H,36,37)/b3-2+/t19-,21+/m1/s1. The minimum atomic E-state index is -0.906. The normalized spacial score (nSPS) is 19.9. The number of fused-ring (bicyclic) bond motifs is 4. The van der Waals surface area contributed by atoms with E-state index < -0.39 is 35.7 Å². The molecule has 0 radical (unpaired) electrons. The van der Waals surface area contributed by atoms with E-state index in [-0.39, 0.29) is 47.5 Å². The second-order valence-corrected chi connectivity index (χ2v) is 10.8. The molecule has 0 unspecified atom stereocenters. The van der Waals surface area contributed by atoms with Crippen molar-refractivity contribution in [2.45, 2.75) is 44.2 Å². The average molecular weight is 618 g/mol. The molecule has 2 aliphatic rings. The first-order valence-corrected chi connectivity index (χ1v) is 14.0. The number of carbonyl (C=O) groups excluding carboxylic acids is 3. The summed E-state index contributed by atoms with van der Waals surface area (Å²) in [5, 5.41) is 5.55. The lowest BCUT2D eigenvalue weighted by Crippen LogP contribution is -2.49. The van der Waals surface area contributed by atoms with E-state index in [1.54, 1.807) is 18.2 Å². The zero-order valence-electron chi connectivity index (χ0n) is 22.5. The fourth-order valence-corrected chi connectivity index (χ4v) is 5.57. The van der Waals surface area contributed by atoms with Gasteiger partial charge in [-0.2, -0.15) is 0 Å². The van der Waals surface area contributed by atoms with Gasteiger partial charge in [0.05, 0.1) is 36.3 Å². The van der Waals surface area contributed by atoms with E-state index in [9.17, 15) is 23.2 Å². The van der Waals surface area contributed by atoms with E-state index in [1.807, 2.05) is 12.2 Å². The highest BCUT2D eigenvalue weighted by Crippen LogP contribution is 2.38. The summed E-state index contributed by atoms with van der Waals surface area (Å²) >= 11 is 12.5. The molecule has 3 amide bonds. The number of hydrogen-bond acceptors (Lipinski definition) is 5. The van der Waals surface area contributed by atoms with Crippen LogP contribution in [0, 0.1) is 11.6 Å². The molecule has 0 aliphatic carbocycles. The van der Waals surface area contributed by atoms with Crippen LogP contribution in [0.2, 0.25) is 10.2 Å². The summed E-state index contributed by atoms with van der Waals surface area (Å²) in [5.74, 6) is -1.97. The lowest BCUT2D eigenvalue weighted by molar-refractivity contribution is -0.139. The molecule has 2 atom stereocenters. The van der Waals surface area contributed by atoms with Crippen molar-refractivity contribution in [1.29, 1.82) is 0 Å². The van der Waals surface area contributed by atoms with Crippen LogP contribution in [0.25, 0.3) is 11.3 Å². The zero-order chi connectivity index (χ0) is 30.0. The topological polar surface area (TPSA) is 116 Å². The lowest BCUT2D eigenvalue weighted by atomic mass is 9.99. The number of nitrogens with one attached hydrogen (secondary N) is 3. The molecule has 2 bridgehead atoms. The summed E-state index contributed by atoms with van der Waals surface area (Å²) in [6.45, 7) is 0.168. The Morgan fingerprint density at radius 1 is 1.17 bits per heavy atom. The highest BCUT2D eigenvalue weighted by Gasteiger charge is 2.36. The van der Waals surface area contributed by atoms with Crippen LogP contribution in [-0.2, 0) is 20.7 Å². The molecule has 0 saturated carbocycles. The van der Waals surface area contributed by atoms with Gasteiger partial charge >= 0.3 is 12.0 Å². The summed E-state index contributed by atoms with van der Waals surface area (Å²) in [6.07, 6.45) is 4.90. The summed E-state index contributed by atoms with van der Waals surface area (Å²) < 4.78 is 34.0. The Morgan fingerprint density at radius 2 is 1.98 bits per heavy atom. The maximum atomic E-state index is 14.7. The second-order valence-electron chi connectivity index (χ2n) is 9.97. The third-order valence-corrected chi connectivity index (χ3v) is 7.83. The minimum absolute atomic E-state index is 0.0120. The van der Waals surface area contributed by atoms with Gasteiger partial charge in [-0.3, -0.25) is 9.59 Å². The number of urea groups is 1. The number of methoxy groups -OCH3 is 1. The van der Waals surface area contributed by atoms with E-state index in [0.717, 1.165) is 12.1 Å². The smallest absolute Gasteiger partial charge is 0.318 e. The molecule has 9 nitrogen and oxygen atoms in total. The van der Waals surface area contributed by atoms with Gasteiger partial charge in [0.15, 0.2) is 0 Å². The first-order chi connectivity index (χ1) is 20.2. The number of imidazole rings is 1. The number of H-pyrrole nitrogens is 1. The van der Waals surface area contributed by atoms with Gasteiger partial charge in [0, 0.05) is 24.1 Å².